The molecule has 0 saturated carbocycles. The predicted octanol–water partition coefficient (Wildman–Crippen LogP) is 8.48. The maximum atomic E-state index is 5.95. The van der Waals surface area contributed by atoms with Gasteiger partial charge < -0.3 is 9.47 Å². The lowest BCUT2D eigenvalue weighted by atomic mass is 10.0. The van der Waals surface area contributed by atoms with Gasteiger partial charge in [0.2, 0.25) is 5.88 Å². The molecule has 1 heterocycles. The van der Waals surface area contributed by atoms with Crippen molar-refractivity contribution >= 4 is 21.7 Å². The first kappa shape index (κ1) is 23.4. The molecular formula is C28H39NO2. The number of fused-ring (bicyclic) bond motifs is 3. The highest BCUT2D eigenvalue weighted by Gasteiger charge is 2.06. The van der Waals surface area contributed by atoms with Gasteiger partial charge in [-0.1, -0.05) is 83.8 Å². The van der Waals surface area contributed by atoms with Gasteiger partial charge in [-0.2, -0.15) is 0 Å². The SMILES string of the molecule is CCCCCCCCCOc1ccc2c(ccc3cc(OCCCCCC)ccc32)n1. The molecule has 2 aromatic carbocycles. The largest absolute Gasteiger partial charge is 0.494 e. The second-order valence-corrected chi connectivity index (χ2v) is 8.54. The fourth-order valence-corrected chi connectivity index (χ4v) is 4.03. The van der Waals surface area contributed by atoms with Gasteiger partial charge >= 0.3 is 0 Å². The average molecular weight is 422 g/mol. The lowest BCUT2D eigenvalue weighted by molar-refractivity contribution is 0.294. The molecule has 0 saturated heterocycles. The van der Waals surface area contributed by atoms with E-state index in [0.717, 1.165) is 48.6 Å². The van der Waals surface area contributed by atoms with Crippen LogP contribution in [0.5, 0.6) is 11.6 Å². The Morgan fingerprint density at radius 3 is 2.03 bits per heavy atom. The summed E-state index contributed by atoms with van der Waals surface area (Å²) >= 11 is 0. The summed E-state index contributed by atoms with van der Waals surface area (Å²) in [5.41, 5.74) is 0.984. The Labute approximate surface area is 188 Å². The van der Waals surface area contributed by atoms with Gasteiger partial charge in [-0.3, -0.25) is 0 Å². The Morgan fingerprint density at radius 2 is 1.26 bits per heavy atom. The van der Waals surface area contributed by atoms with Crippen LogP contribution >= 0.6 is 0 Å². The molecule has 31 heavy (non-hydrogen) atoms. The van der Waals surface area contributed by atoms with E-state index in [0.29, 0.717) is 0 Å². The van der Waals surface area contributed by atoms with E-state index in [2.05, 4.69) is 50.2 Å². The van der Waals surface area contributed by atoms with Crippen molar-refractivity contribution in [2.75, 3.05) is 13.2 Å². The molecule has 0 bridgehead atoms. The Bertz CT molecular complexity index is 921. The lowest BCUT2D eigenvalue weighted by Crippen LogP contribution is -1.99. The third-order valence-corrected chi connectivity index (χ3v) is 5.90. The number of rotatable bonds is 15. The van der Waals surface area contributed by atoms with E-state index in [1.54, 1.807) is 0 Å². The van der Waals surface area contributed by atoms with Gasteiger partial charge in [0, 0.05) is 11.5 Å². The van der Waals surface area contributed by atoms with Gasteiger partial charge in [0.1, 0.15) is 5.75 Å². The molecule has 3 aromatic rings. The molecule has 168 valence electrons. The van der Waals surface area contributed by atoms with Gasteiger partial charge in [-0.15, -0.1) is 0 Å². The van der Waals surface area contributed by atoms with Crippen LogP contribution in [0, 0.1) is 0 Å². The summed E-state index contributed by atoms with van der Waals surface area (Å²) in [5, 5.41) is 3.56. The summed E-state index contributed by atoms with van der Waals surface area (Å²) in [4.78, 5) is 4.73. The van der Waals surface area contributed by atoms with Crippen molar-refractivity contribution in [3.05, 3.63) is 42.5 Å². The third-order valence-electron chi connectivity index (χ3n) is 5.90. The number of aromatic nitrogens is 1. The van der Waals surface area contributed by atoms with Crippen LogP contribution in [0.15, 0.2) is 42.5 Å². The summed E-state index contributed by atoms with van der Waals surface area (Å²) in [6, 6.07) is 14.7. The fraction of sp³-hybridized carbons (Fsp3) is 0.536. The molecule has 3 heteroatoms. The van der Waals surface area contributed by atoms with Crippen LogP contribution in [0.25, 0.3) is 21.7 Å². The maximum absolute atomic E-state index is 5.95. The molecule has 0 atom stereocenters. The Morgan fingerprint density at radius 1 is 0.613 bits per heavy atom. The van der Waals surface area contributed by atoms with E-state index in [-0.39, 0.29) is 0 Å². The number of pyridine rings is 1. The van der Waals surface area contributed by atoms with E-state index < -0.39 is 0 Å². The summed E-state index contributed by atoms with van der Waals surface area (Å²) in [6.07, 6.45) is 13.9. The number of nitrogens with zero attached hydrogens (tertiary/aromatic N) is 1. The van der Waals surface area contributed by atoms with Crippen molar-refractivity contribution in [3.8, 4) is 11.6 Å². The van der Waals surface area contributed by atoms with Crippen molar-refractivity contribution in [1.82, 2.24) is 4.98 Å². The van der Waals surface area contributed by atoms with Crippen LogP contribution in [0.1, 0.15) is 84.5 Å². The molecule has 0 aliphatic carbocycles. The van der Waals surface area contributed by atoms with Crippen LogP contribution in [0.3, 0.4) is 0 Å². The van der Waals surface area contributed by atoms with Crippen LogP contribution in [0.4, 0.5) is 0 Å². The molecule has 0 spiro atoms. The smallest absolute Gasteiger partial charge is 0.213 e. The normalized spacial score (nSPS) is 11.3. The number of hydrogen-bond acceptors (Lipinski definition) is 3. The number of ether oxygens (including phenoxy) is 2. The third kappa shape index (κ3) is 7.41. The number of hydrogen-bond donors (Lipinski definition) is 0. The van der Waals surface area contributed by atoms with Crippen LogP contribution in [0.2, 0.25) is 0 Å². The lowest BCUT2D eigenvalue weighted by Gasteiger charge is -2.10. The highest BCUT2D eigenvalue weighted by atomic mass is 16.5. The second kappa shape index (κ2) is 13.2. The Kier molecular flexibility index (Phi) is 9.95. The summed E-state index contributed by atoms with van der Waals surface area (Å²) in [6.45, 7) is 6.03. The highest BCUT2D eigenvalue weighted by molar-refractivity contribution is 6.06. The maximum Gasteiger partial charge on any atom is 0.213 e. The van der Waals surface area contributed by atoms with Crippen LogP contribution < -0.4 is 9.47 Å². The molecule has 0 N–H and O–H groups in total. The molecule has 0 aliphatic rings. The fourth-order valence-electron chi connectivity index (χ4n) is 4.03. The first-order chi connectivity index (χ1) is 15.3. The predicted molar refractivity (Wildman–Crippen MR) is 132 cm³/mol. The minimum Gasteiger partial charge on any atom is -0.494 e. The van der Waals surface area contributed by atoms with Gasteiger partial charge in [-0.05, 0) is 47.9 Å². The van der Waals surface area contributed by atoms with E-state index in [4.69, 9.17) is 14.5 Å². The minimum absolute atomic E-state index is 0.727. The zero-order valence-corrected chi connectivity index (χ0v) is 19.5. The topological polar surface area (TPSA) is 31.4 Å². The van der Waals surface area contributed by atoms with E-state index in [9.17, 15) is 0 Å². The molecule has 1 aromatic heterocycles. The zero-order valence-electron chi connectivity index (χ0n) is 19.5. The van der Waals surface area contributed by atoms with Gasteiger partial charge in [0.25, 0.3) is 0 Å². The summed E-state index contributed by atoms with van der Waals surface area (Å²) < 4.78 is 11.9. The quantitative estimate of drug-likeness (QED) is 0.182. The van der Waals surface area contributed by atoms with Crippen molar-refractivity contribution in [3.63, 3.8) is 0 Å². The van der Waals surface area contributed by atoms with Crippen molar-refractivity contribution in [2.24, 2.45) is 0 Å². The molecule has 0 amide bonds. The number of benzene rings is 2. The van der Waals surface area contributed by atoms with Crippen molar-refractivity contribution < 1.29 is 9.47 Å². The van der Waals surface area contributed by atoms with Crippen molar-refractivity contribution in [2.45, 2.75) is 84.5 Å². The number of unbranched alkanes of at least 4 members (excludes halogenated alkanes) is 9. The Hall–Kier alpha value is -2.29. The molecular weight excluding hydrogens is 382 g/mol. The minimum atomic E-state index is 0.727. The van der Waals surface area contributed by atoms with Crippen LogP contribution in [-0.2, 0) is 0 Å². The van der Waals surface area contributed by atoms with Crippen LogP contribution in [-0.4, -0.2) is 18.2 Å². The summed E-state index contributed by atoms with van der Waals surface area (Å²) in [7, 11) is 0. The zero-order chi connectivity index (χ0) is 21.7. The molecule has 0 radical (unpaired) electrons. The van der Waals surface area contributed by atoms with E-state index >= 15 is 0 Å². The first-order valence-electron chi connectivity index (χ1n) is 12.4. The molecule has 3 rings (SSSR count). The molecule has 0 aliphatic heterocycles. The summed E-state index contributed by atoms with van der Waals surface area (Å²) in [5.74, 6) is 1.68. The first-order valence-corrected chi connectivity index (χ1v) is 12.4. The van der Waals surface area contributed by atoms with Gasteiger partial charge in [-0.25, -0.2) is 4.98 Å². The van der Waals surface area contributed by atoms with Gasteiger partial charge in [0.05, 0.1) is 18.7 Å². The molecule has 0 unspecified atom stereocenters. The molecule has 3 nitrogen and oxygen atoms in total. The second-order valence-electron chi connectivity index (χ2n) is 8.54. The van der Waals surface area contributed by atoms with E-state index in [1.807, 2.05) is 6.07 Å². The Balaban J connectivity index is 1.53. The standard InChI is InChI=1S/C28H39NO2/c1-3-5-7-9-10-11-13-21-31-28-19-17-26-25-16-15-24(30-20-12-8-6-4-2)22-23(25)14-18-27(26)29-28/h14-19,22H,3-13,20-21H2,1-2H3. The average Bonchev–Trinajstić information content (AvgIpc) is 2.80. The van der Waals surface area contributed by atoms with Gasteiger partial charge in [0.15, 0.2) is 0 Å². The molecule has 0 fully saturated rings. The van der Waals surface area contributed by atoms with E-state index in [1.165, 1.54) is 68.6 Å². The monoisotopic (exact) mass is 421 g/mol. The highest BCUT2D eigenvalue weighted by Crippen LogP contribution is 2.29. The van der Waals surface area contributed by atoms with Crippen molar-refractivity contribution in [1.29, 1.82) is 0 Å².